The zero-order valence-corrected chi connectivity index (χ0v) is 13.0. The molecule has 1 aromatic carbocycles. The lowest BCUT2D eigenvalue weighted by Crippen LogP contribution is -2.07. The number of nitrogens with zero attached hydrogens (tertiary/aromatic N) is 2. The smallest absolute Gasteiger partial charge is 0.356 e. The number of benzene rings is 1. The lowest BCUT2D eigenvalue weighted by atomic mass is 10.1. The molecule has 20 heavy (non-hydrogen) atoms. The van der Waals surface area contributed by atoms with E-state index < -0.39 is 5.97 Å². The van der Waals surface area contributed by atoms with Crippen LogP contribution >= 0.6 is 15.9 Å². The molecule has 0 aliphatic heterocycles. The number of carboxylic acids is 1. The molecule has 0 saturated carbocycles. The molecular weight excluding hydrogens is 320 g/mol. The minimum atomic E-state index is -0.942. The molecule has 0 fully saturated rings. The summed E-state index contributed by atoms with van der Waals surface area (Å²) < 4.78 is 2.76. The molecule has 0 amide bonds. The van der Waals surface area contributed by atoms with Crippen molar-refractivity contribution in [2.24, 2.45) is 0 Å². The second-order valence-corrected chi connectivity index (χ2v) is 6.11. The van der Waals surface area contributed by atoms with Crippen LogP contribution in [0, 0.1) is 13.8 Å². The molecule has 4 nitrogen and oxygen atoms in total. The van der Waals surface area contributed by atoms with E-state index in [0.717, 1.165) is 46.2 Å². The summed E-state index contributed by atoms with van der Waals surface area (Å²) in [6.45, 7) is 4.06. The van der Waals surface area contributed by atoms with Gasteiger partial charge in [-0.05, 0) is 66.2 Å². The first kappa shape index (κ1) is 13.4. The number of hydrogen-bond donors (Lipinski definition) is 1. The molecule has 0 saturated heterocycles. The fourth-order valence-electron chi connectivity index (χ4n) is 2.97. The summed E-state index contributed by atoms with van der Waals surface area (Å²) in [4.78, 5) is 11.3. The topological polar surface area (TPSA) is 55.1 Å². The molecule has 1 heterocycles. The van der Waals surface area contributed by atoms with E-state index in [4.69, 9.17) is 0 Å². The van der Waals surface area contributed by atoms with Crippen LogP contribution in [-0.2, 0) is 12.8 Å². The molecule has 5 heteroatoms. The van der Waals surface area contributed by atoms with Crippen LogP contribution in [-0.4, -0.2) is 20.9 Å². The van der Waals surface area contributed by atoms with Crippen LogP contribution < -0.4 is 0 Å². The van der Waals surface area contributed by atoms with Gasteiger partial charge in [-0.1, -0.05) is 6.07 Å². The zero-order valence-electron chi connectivity index (χ0n) is 11.4. The Hall–Kier alpha value is -1.62. The number of aromatic carboxylic acids is 1. The normalized spacial score (nSPS) is 13.6. The highest BCUT2D eigenvalue weighted by atomic mass is 79.9. The molecular formula is C15H15BrN2O2. The average Bonchev–Trinajstić information content (AvgIpc) is 2.90. The van der Waals surface area contributed by atoms with E-state index in [2.05, 4.69) is 27.1 Å². The summed E-state index contributed by atoms with van der Waals surface area (Å²) in [5, 5.41) is 13.6. The first-order valence-corrected chi connectivity index (χ1v) is 7.39. The van der Waals surface area contributed by atoms with Crippen LogP contribution in [0.2, 0.25) is 0 Å². The molecule has 0 spiro atoms. The molecule has 1 N–H and O–H groups in total. The molecule has 0 unspecified atom stereocenters. The van der Waals surface area contributed by atoms with Crippen molar-refractivity contribution >= 4 is 21.9 Å². The van der Waals surface area contributed by atoms with E-state index in [9.17, 15) is 9.90 Å². The van der Waals surface area contributed by atoms with Crippen molar-refractivity contribution in [3.8, 4) is 5.69 Å². The van der Waals surface area contributed by atoms with Gasteiger partial charge in [0.1, 0.15) is 0 Å². The Bertz CT molecular complexity index is 696. The number of aromatic nitrogens is 2. The third-order valence-corrected chi connectivity index (χ3v) is 4.35. The standard InChI is InChI=1S/C15H15BrN2O2/c1-8-6-9(2)14(11(16)7-8)18-12-5-3-4-10(12)13(17-18)15(19)20/h6-7H,3-5H2,1-2H3,(H,19,20). The number of hydrogen-bond acceptors (Lipinski definition) is 2. The van der Waals surface area contributed by atoms with E-state index >= 15 is 0 Å². The molecule has 1 aromatic heterocycles. The summed E-state index contributed by atoms with van der Waals surface area (Å²) in [6, 6.07) is 4.12. The van der Waals surface area contributed by atoms with Crippen LogP contribution in [0.15, 0.2) is 16.6 Å². The predicted molar refractivity (Wildman–Crippen MR) is 79.7 cm³/mol. The number of halogens is 1. The molecule has 0 bridgehead atoms. The number of carbonyl (C=O) groups is 1. The SMILES string of the molecule is Cc1cc(C)c(-n2nc(C(=O)O)c3c2CCC3)c(Br)c1. The summed E-state index contributed by atoms with van der Waals surface area (Å²) in [5.41, 5.74) is 5.33. The van der Waals surface area contributed by atoms with Crippen molar-refractivity contribution in [1.29, 1.82) is 0 Å². The van der Waals surface area contributed by atoms with Crippen LogP contribution in [0.4, 0.5) is 0 Å². The summed E-state index contributed by atoms with van der Waals surface area (Å²) in [7, 11) is 0. The highest BCUT2D eigenvalue weighted by Crippen LogP contribution is 2.32. The maximum Gasteiger partial charge on any atom is 0.356 e. The third-order valence-electron chi connectivity index (χ3n) is 3.74. The van der Waals surface area contributed by atoms with Crippen LogP contribution in [0.5, 0.6) is 0 Å². The van der Waals surface area contributed by atoms with Gasteiger partial charge in [0.15, 0.2) is 5.69 Å². The van der Waals surface area contributed by atoms with E-state index in [1.54, 1.807) is 0 Å². The van der Waals surface area contributed by atoms with Gasteiger partial charge in [-0.25, -0.2) is 9.48 Å². The van der Waals surface area contributed by atoms with Gasteiger partial charge in [-0.15, -0.1) is 0 Å². The highest BCUT2D eigenvalue weighted by Gasteiger charge is 2.27. The zero-order chi connectivity index (χ0) is 14.4. The van der Waals surface area contributed by atoms with Crippen molar-refractivity contribution in [2.45, 2.75) is 33.1 Å². The minimum Gasteiger partial charge on any atom is -0.476 e. The minimum absolute atomic E-state index is 0.198. The third kappa shape index (κ3) is 1.97. The van der Waals surface area contributed by atoms with Gasteiger partial charge in [0, 0.05) is 15.7 Å². The average molecular weight is 335 g/mol. The molecule has 3 rings (SSSR count). The fraction of sp³-hybridized carbons (Fsp3) is 0.333. The lowest BCUT2D eigenvalue weighted by molar-refractivity contribution is 0.0689. The van der Waals surface area contributed by atoms with Crippen LogP contribution in [0.1, 0.15) is 39.3 Å². The second kappa shape index (κ2) is 4.74. The number of aryl methyl sites for hydroxylation is 2. The molecule has 1 aliphatic carbocycles. The van der Waals surface area contributed by atoms with Gasteiger partial charge >= 0.3 is 5.97 Å². The Morgan fingerprint density at radius 1 is 1.35 bits per heavy atom. The maximum atomic E-state index is 11.3. The van der Waals surface area contributed by atoms with Crippen molar-refractivity contribution in [3.05, 3.63) is 44.7 Å². The van der Waals surface area contributed by atoms with Gasteiger partial charge in [-0.2, -0.15) is 5.10 Å². The van der Waals surface area contributed by atoms with Crippen molar-refractivity contribution in [3.63, 3.8) is 0 Å². The Balaban J connectivity index is 2.27. The highest BCUT2D eigenvalue weighted by molar-refractivity contribution is 9.10. The van der Waals surface area contributed by atoms with E-state index in [1.165, 1.54) is 5.56 Å². The van der Waals surface area contributed by atoms with Gasteiger partial charge in [0.05, 0.1) is 5.69 Å². The first-order chi connectivity index (χ1) is 9.49. The molecule has 2 aromatic rings. The summed E-state index contributed by atoms with van der Waals surface area (Å²) >= 11 is 3.58. The van der Waals surface area contributed by atoms with Crippen LogP contribution in [0.3, 0.4) is 0 Å². The molecule has 0 atom stereocenters. The largest absolute Gasteiger partial charge is 0.476 e. The number of rotatable bonds is 2. The first-order valence-electron chi connectivity index (χ1n) is 6.60. The Labute approximate surface area is 125 Å². The Kier molecular flexibility index (Phi) is 3.17. The van der Waals surface area contributed by atoms with Gasteiger partial charge in [0.25, 0.3) is 0 Å². The van der Waals surface area contributed by atoms with Crippen molar-refractivity contribution < 1.29 is 9.90 Å². The monoisotopic (exact) mass is 334 g/mol. The lowest BCUT2D eigenvalue weighted by Gasteiger charge is -2.12. The molecule has 0 radical (unpaired) electrons. The quantitative estimate of drug-likeness (QED) is 0.915. The Morgan fingerprint density at radius 3 is 2.75 bits per heavy atom. The maximum absolute atomic E-state index is 11.3. The van der Waals surface area contributed by atoms with E-state index in [0.29, 0.717) is 0 Å². The van der Waals surface area contributed by atoms with Gasteiger partial charge in [-0.3, -0.25) is 0 Å². The second-order valence-electron chi connectivity index (χ2n) is 5.26. The van der Waals surface area contributed by atoms with Crippen molar-refractivity contribution in [1.82, 2.24) is 9.78 Å². The predicted octanol–water partition coefficient (Wildman–Crippen LogP) is 3.44. The van der Waals surface area contributed by atoms with E-state index in [1.807, 2.05) is 24.6 Å². The van der Waals surface area contributed by atoms with Crippen LogP contribution in [0.25, 0.3) is 5.69 Å². The number of fused-ring (bicyclic) bond motifs is 1. The number of carboxylic acid groups (broad SMARTS) is 1. The Morgan fingerprint density at radius 2 is 2.10 bits per heavy atom. The fourth-order valence-corrected chi connectivity index (χ4v) is 3.81. The van der Waals surface area contributed by atoms with Gasteiger partial charge < -0.3 is 5.11 Å². The van der Waals surface area contributed by atoms with Crippen molar-refractivity contribution in [2.75, 3.05) is 0 Å². The summed E-state index contributed by atoms with van der Waals surface area (Å²) in [5.74, 6) is -0.942. The molecule has 1 aliphatic rings. The molecule has 104 valence electrons. The van der Waals surface area contributed by atoms with Gasteiger partial charge in [0.2, 0.25) is 0 Å². The van der Waals surface area contributed by atoms with E-state index in [-0.39, 0.29) is 5.69 Å². The summed E-state index contributed by atoms with van der Waals surface area (Å²) in [6.07, 6.45) is 2.69.